The predicted octanol–water partition coefficient (Wildman–Crippen LogP) is 4.54. The van der Waals surface area contributed by atoms with Crippen molar-refractivity contribution in [1.82, 2.24) is 0 Å². The minimum absolute atomic E-state index is 0.668. The maximum atomic E-state index is 5.75. The number of halogens is 3. The van der Waals surface area contributed by atoms with Gasteiger partial charge < -0.3 is 0 Å². The zero-order valence-corrected chi connectivity index (χ0v) is 12.3. The molecule has 0 heterocycles. The van der Waals surface area contributed by atoms with E-state index < -0.39 is 6.00 Å². The molecule has 0 saturated heterocycles. The van der Waals surface area contributed by atoms with Gasteiger partial charge in [-0.05, 0) is 31.7 Å². The van der Waals surface area contributed by atoms with Gasteiger partial charge >= 0.3 is 6.00 Å². The van der Waals surface area contributed by atoms with Gasteiger partial charge in [-0.1, -0.05) is 13.8 Å². The van der Waals surface area contributed by atoms with E-state index in [0.717, 1.165) is 19.4 Å². The van der Waals surface area contributed by atoms with Crippen LogP contribution in [0.2, 0.25) is 6.04 Å². The minimum atomic E-state index is -2.41. The second-order valence-corrected chi connectivity index (χ2v) is 13.2. The molecule has 0 aromatic heterocycles. The fraction of sp³-hybridized carbons (Fsp3) is 0.889. The number of hydrogen-bond donors (Lipinski definition) is 0. The first-order valence-corrected chi connectivity index (χ1v) is 10.1. The second kappa shape index (κ2) is 7.10. The van der Waals surface area contributed by atoms with Gasteiger partial charge in [-0.15, -0.1) is 33.2 Å². The van der Waals surface area contributed by atoms with E-state index in [4.69, 9.17) is 33.2 Å². The molecule has 0 bridgehead atoms. The van der Waals surface area contributed by atoms with Gasteiger partial charge in [0.1, 0.15) is 0 Å². The van der Waals surface area contributed by atoms with Crippen molar-refractivity contribution in [2.45, 2.75) is 39.7 Å². The van der Waals surface area contributed by atoms with Gasteiger partial charge in [0.15, 0.2) is 0 Å². The average Bonchev–Trinajstić information content (AvgIpc) is 1.95. The SMILES string of the molecule is CC(CC(C)C)=NCCC[Si](Cl)(Cl)Cl. The van der Waals surface area contributed by atoms with Crippen molar-refractivity contribution in [3.05, 3.63) is 0 Å². The normalized spacial score (nSPS) is 13.8. The third-order valence-electron chi connectivity index (χ3n) is 1.70. The quantitative estimate of drug-likeness (QED) is 0.292. The highest BCUT2D eigenvalue weighted by Crippen LogP contribution is 2.26. The smallest absolute Gasteiger partial charge is 0.294 e. The van der Waals surface area contributed by atoms with E-state index in [1.807, 2.05) is 0 Å². The third kappa shape index (κ3) is 10.8. The molecule has 14 heavy (non-hydrogen) atoms. The lowest BCUT2D eigenvalue weighted by atomic mass is 10.1. The lowest BCUT2D eigenvalue weighted by Crippen LogP contribution is -2.09. The molecule has 0 atom stereocenters. The molecule has 0 aliphatic rings. The summed E-state index contributed by atoms with van der Waals surface area (Å²) in [6.45, 7) is 7.23. The van der Waals surface area contributed by atoms with Crippen LogP contribution in [0.15, 0.2) is 4.99 Å². The highest BCUT2D eigenvalue weighted by molar-refractivity contribution is 7.64. The molecule has 0 amide bonds. The summed E-state index contributed by atoms with van der Waals surface area (Å²) in [7, 11) is 0. The van der Waals surface area contributed by atoms with E-state index >= 15 is 0 Å². The predicted molar refractivity (Wildman–Crippen MR) is 70.2 cm³/mol. The van der Waals surface area contributed by atoms with Gasteiger partial charge in [-0.3, -0.25) is 4.99 Å². The lowest BCUT2D eigenvalue weighted by Gasteiger charge is -2.06. The van der Waals surface area contributed by atoms with Crippen LogP contribution in [-0.2, 0) is 0 Å². The van der Waals surface area contributed by atoms with Crippen LogP contribution in [0.1, 0.15) is 33.6 Å². The summed E-state index contributed by atoms with van der Waals surface area (Å²) in [5.41, 5.74) is 1.20. The molecule has 0 aromatic rings. The summed E-state index contributed by atoms with van der Waals surface area (Å²) in [6.07, 6.45) is 1.95. The first-order valence-electron chi connectivity index (χ1n) is 4.88. The molecule has 0 N–H and O–H groups in total. The molecule has 0 fully saturated rings. The van der Waals surface area contributed by atoms with Gasteiger partial charge in [0.05, 0.1) is 0 Å². The van der Waals surface area contributed by atoms with Crippen LogP contribution in [-0.4, -0.2) is 18.3 Å². The van der Waals surface area contributed by atoms with E-state index in [1.54, 1.807) is 0 Å². The topological polar surface area (TPSA) is 12.4 Å². The van der Waals surface area contributed by atoms with Gasteiger partial charge in [-0.2, -0.15) is 0 Å². The molecule has 0 radical (unpaired) electrons. The van der Waals surface area contributed by atoms with Crippen LogP contribution in [0.4, 0.5) is 0 Å². The van der Waals surface area contributed by atoms with E-state index in [-0.39, 0.29) is 0 Å². The zero-order chi connectivity index (χ0) is 11.2. The van der Waals surface area contributed by atoms with E-state index in [1.165, 1.54) is 5.71 Å². The van der Waals surface area contributed by atoms with Crippen molar-refractivity contribution in [2.24, 2.45) is 10.9 Å². The number of nitrogens with zero attached hydrogens (tertiary/aromatic N) is 1. The van der Waals surface area contributed by atoms with Crippen molar-refractivity contribution in [3.8, 4) is 0 Å². The summed E-state index contributed by atoms with van der Waals surface area (Å²) >= 11 is 17.3. The molecule has 5 heteroatoms. The standard InChI is InChI=1S/C9H18Cl3NSi/c1-8(2)7-9(3)13-5-4-6-14(10,11)12/h8H,4-7H2,1-3H3. The Morgan fingerprint density at radius 2 is 1.86 bits per heavy atom. The fourth-order valence-electron chi connectivity index (χ4n) is 1.20. The first kappa shape index (κ1) is 14.8. The maximum Gasteiger partial charge on any atom is 0.341 e. The molecule has 1 nitrogen and oxygen atoms in total. The van der Waals surface area contributed by atoms with Crippen molar-refractivity contribution in [1.29, 1.82) is 0 Å². The lowest BCUT2D eigenvalue weighted by molar-refractivity contribution is 0.679. The van der Waals surface area contributed by atoms with Gasteiger partial charge in [0.25, 0.3) is 0 Å². The molecule has 0 aliphatic heterocycles. The Hall–Kier alpha value is 0.757. The third-order valence-corrected chi connectivity index (χ3v) is 4.33. The van der Waals surface area contributed by atoms with Gasteiger partial charge in [0.2, 0.25) is 0 Å². The average molecular weight is 275 g/mol. The van der Waals surface area contributed by atoms with Crippen LogP contribution < -0.4 is 0 Å². The monoisotopic (exact) mass is 273 g/mol. The molecule has 0 aromatic carbocycles. The molecular weight excluding hydrogens is 257 g/mol. The molecule has 0 rings (SSSR count). The highest BCUT2D eigenvalue weighted by atomic mass is 35.8. The van der Waals surface area contributed by atoms with Crippen LogP contribution in [0.25, 0.3) is 0 Å². The molecule has 0 spiro atoms. The Kier molecular flexibility index (Phi) is 7.48. The first-order chi connectivity index (χ1) is 6.31. The highest BCUT2D eigenvalue weighted by Gasteiger charge is 2.23. The Morgan fingerprint density at radius 1 is 1.29 bits per heavy atom. The van der Waals surface area contributed by atoms with Gasteiger partial charge in [-0.25, -0.2) is 0 Å². The Morgan fingerprint density at radius 3 is 2.29 bits per heavy atom. The Bertz CT molecular complexity index is 187. The summed E-state index contributed by atoms with van der Waals surface area (Å²) in [6, 6.07) is -1.71. The molecule has 0 saturated carbocycles. The largest absolute Gasteiger partial charge is 0.341 e. The van der Waals surface area contributed by atoms with Crippen molar-refractivity contribution in [3.63, 3.8) is 0 Å². The summed E-state index contributed by atoms with van der Waals surface area (Å²) in [5, 5.41) is 0. The summed E-state index contributed by atoms with van der Waals surface area (Å²) in [4.78, 5) is 4.43. The Labute approximate surface area is 102 Å². The number of aliphatic imine (C=N–C) groups is 1. The fourth-order valence-corrected chi connectivity index (χ4v) is 2.97. The van der Waals surface area contributed by atoms with Crippen LogP contribution in [0.3, 0.4) is 0 Å². The van der Waals surface area contributed by atoms with Crippen molar-refractivity contribution >= 4 is 45.0 Å². The molecular formula is C9H18Cl3NSi. The van der Waals surface area contributed by atoms with Gasteiger partial charge in [0, 0.05) is 12.3 Å². The summed E-state index contributed by atoms with van der Waals surface area (Å²) < 4.78 is 0. The Balaban J connectivity index is 3.61. The van der Waals surface area contributed by atoms with E-state index in [9.17, 15) is 0 Å². The van der Waals surface area contributed by atoms with Crippen LogP contribution in [0.5, 0.6) is 0 Å². The van der Waals surface area contributed by atoms with Crippen LogP contribution >= 0.6 is 33.2 Å². The second-order valence-electron chi connectivity index (χ2n) is 3.93. The van der Waals surface area contributed by atoms with E-state index in [0.29, 0.717) is 12.0 Å². The maximum absolute atomic E-state index is 5.75. The number of rotatable bonds is 6. The van der Waals surface area contributed by atoms with Crippen LogP contribution in [0, 0.1) is 5.92 Å². The number of hydrogen-bond acceptors (Lipinski definition) is 1. The van der Waals surface area contributed by atoms with E-state index in [2.05, 4.69) is 25.8 Å². The minimum Gasteiger partial charge on any atom is -0.294 e. The molecule has 84 valence electrons. The zero-order valence-electron chi connectivity index (χ0n) is 8.99. The molecule has 0 unspecified atom stereocenters. The molecule has 0 aliphatic carbocycles. The van der Waals surface area contributed by atoms with Crippen molar-refractivity contribution < 1.29 is 0 Å². The van der Waals surface area contributed by atoms with Crippen molar-refractivity contribution in [2.75, 3.05) is 6.54 Å². The summed E-state index contributed by atoms with van der Waals surface area (Å²) in [5.74, 6) is 0.668.